The Morgan fingerprint density at radius 1 is 1.21 bits per heavy atom. The number of rotatable bonds is 11. The zero-order chi connectivity index (χ0) is 30.7. The zero-order valence-electron chi connectivity index (χ0n) is 23.6. The van der Waals surface area contributed by atoms with Crippen molar-refractivity contribution in [2.45, 2.75) is 55.7 Å². The van der Waals surface area contributed by atoms with Gasteiger partial charge in [-0.2, -0.15) is 4.31 Å². The number of nitrogens with zero attached hydrogens (tertiary/aromatic N) is 4. The van der Waals surface area contributed by atoms with Crippen LogP contribution in [0.2, 0.25) is 0 Å². The lowest BCUT2D eigenvalue weighted by Crippen LogP contribution is -2.62. The average Bonchev–Trinajstić information content (AvgIpc) is 3.61. The molecule has 3 aromatic rings. The highest BCUT2D eigenvalue weighted by Gasteiger charge is 2.40. The molecule has 3 heterocycles. The molecule has 2 fully saturated rings. The van der Waals surface area contributed by atoms with E-state index in [1.807, 2.05) is 6.92 Å². The number of hydrogen-bond donors (Lipinski definition) is 3. The summed E-state index contributed by atoms with van der Waals surface area (Å²) in [5.74, 6) is -2.89. The van der Waals surface area contributed by atoms with E-state index in [0.717, 1.165) is 31.0 Å². The molecule has 2 aliphatic heterocycles. The summed E-state index contributed by atoms with van der Waals surface area (Å²) in [6, 6.07) is 5.51. The van der Waals surface area contributed by atoms with Crippen molar-refractivity contribution in [3.05, 3.63) is 53.6 Å². The quantitative estimate of drug-likeness (QED) is 0.287. The highest BCUT2D eigenvalue weighted by molar-refractivity contribution is 7.89. The lowest BCUT2D eigenvalue weighted by molar-refractivity contribution is -0.129. The van der Waals surface area contributed by atoms with Gasteiger partial charge in [0.15, 0.2) is 5.52 Å². The fourth-order valence-electron chi connectivity index (χ4n) is 5.66. The Morgan fingerprint density at radius 2 is 1.98 bits per heavy atom. The van der Waals surface area contributed by atoms with E-state index >= 15 is 0 Å². The number of piperazine rings is 1. The summed E-state index contributed by atoms with van der Waals surface area (Å²) in [5.41, 5.74) is 0.548. The van der Waals surface area contributed by atoms with Crippen LogP contribution in [-0.2, 0) is 26.0 Å². The molecule has 3 N–H and O–H groups in total. The predicted octanol–water partition coefficient (Wildman–Crippen LogP) is 1.20. The third-order valence-corrected chi connectivity index (χ3v) is 9.83. The summed E-state index contributed by atoms with van der Waals surface area (Å²) >= 11 is 0. The number of aromatic nitrogens is 2. The molecular formula is C28H34F2N6O6S. The molecule has 1 aromatic heterocycles. The van der Waals surface area contributed by atoms with Crippen molar-refractivity contribution >= 4 is 32.9 Å². The van der Waals surface area contributed by atoms with Crippen LogP contribution in [0.15, 0.2) is 45.9 Å². The molecule has 0 bridgehead atoms. The molecule has 12 nitrogen and oxygen atoms in total. The van der Waals surface area contributed by atoms with Crippen molar-refractivity contribution in [3.63, 3.8) is 0 Å². The fourth-order valence-corrected chi connectivity index (χ4v) is 7.26. The standard InChI is InChI=1S/C28H34F2N6O6S/c1-2-3-8-35-15-18(13-25(35)37)28(39)32-22(12-17-10-19(29)14-20(30)11-17)27(38)23-16-36(9-7-31-23)43(40,41)24-6-4-5-21-26(24)34-42-33-21/h4-6,10-11,14,18,22-23,27,31,38H,2-3,7-9,12-13,15-16H2,1H3,(H,32,39)/t18?,22?,23-,27+/m1/s1. The molecule has 2 aromatic carbocycles. The van der Waals surface area contributed by atoms with E-state index in [2.05, 4.69) is 20.9 Å². The number of unbranched alkanes of at least 4 members (excludes halogenated alkanes) is 1. The van der Waals surface area contributed by atoms with Crippen LogP contribution in [0.3, 0.4) is 0 Å². The van der Waals surface area contributed by atoms with Gasteiger partial charge in [-0.3, -0.25) is 9.59 Å². The van der Waals surface area contributed by atoms with Gasteiger partial charge in [-0.25, -0.2) is 21.8 Å². The maximum Gasteiger partial charge on any atom is 0.245 e. The van der Waals surface area contributed by atoms with Crippen molar-refractivity contribution < 1.29 is 36.5 Å². The Kier molecular flexibility index (Phi) is 9.34. The summed E-state index contributed by atoms with van der Waals surface area (Å²) < 4.78 is 61.2. The molecule has 15 heteroatoms. The van der Waals surface area contributed by atoms with Gasteiger partial charge in [0.25, 0.3) is 0 Å². The van der Waals surface area contributed by atoms with Gasteiger partial charge in [0.2, 0.25) is 21.8 Å². The number of carbonyl (C=O) groups is 2. The van der Waals surface area contributed by atoms with E-state index in [0.29, 0.717) is 6.54 Å². The summed E-state index contributed by atoms with van der Waals surface area (Å²) in [4.78, 5) is 27.3. The van der Waals surface area contributed by atoms with Crippen molar-refractivity contribution in [2.24, 2.45) is 5.92 Å². The fraction of sp³-hybridized carbons (Fsp3) is 0.500. The number of sulfonamides is 1. The molecular weight excluding hydrogens is 586 g/mol. The summed E-state index contributed by atoms with van der Waals surface area (Å²) in [6.45, 7) is 2.90. The second-order valence-electron chi connectivity index (χ2n) is 11.0. The van der Waals surface area contributed by atoms with Gasteiger partial charge < -0.3 is 20.6 Å². The molecule has 43 heavy (non-hydrogen) atoms. The molecule has 2 unspecified atom stereocenters. The molecule has 2 amide bonds. The van der Waals surface area contributed by atoms with E-state index in [4.69, 9.17) is 4.63 Å². The van der Waals surface area contributed by atoms with Crippen molar-refractivity contribution in [1.82, 2.24) is 30.2 Å². The highest BCUT2D eigenvalue weighted by atomic mass is 32.2. The van der Waals surface area contributed by atoms with Crippen molar-refractivity contribution in [3.8, 4) is 0 Å². The molecule has 2 aliphatic rings. The van der Waals surface area contributed by atoms with Crippen LogP contribution in [0.4, 0.5) is 8.78 Å². The lowest BCUT2D eigenvalue weighted by Gasteiger charge is -2.38. The smallest absolute Gasteiger partial charge is 0.245 e. The number of likely N-dealkylation sites (tertiary alicyclic amines) is 1. The number of halogens is 2. The van der Waals surface area contributed by atoms with E-state index in [1.54, 1.807) is 11.0 Å². The van der Waals surface area contributed by atoms with Gasteiger partial charge in [-0.15, -0.1) is 0 Å². The first-order valence-electron chi connectivity index (χ1n) is 14.2. The zero-order valence-corrected chi connectivity index (χ0v) is 24.4. The Bertz CT molecular complexity index is 1570. The van der Waals surface area contributed by atoms with Crippen molar-refractivity contribution in [1.29, 1.82) is 0 Å². The van der Waals surface area contributed by atoms with Gasteiger partial charge >= 0.3 is 0 Å². The Hall–Kier alpha value is -3.53. The minimum atomic E-state index is -4.09. The first-order valence-corrected chi connectivity index (χ1v) is 15.7. The third-order valence-electron chi connectivity index (χ3n) is 7.93. The molecule has 0 saturated carbocycles. The van der Waals surface area contributed by atoms with Gasteiger partial charge in [-0.1, -0.05) is 19.4 Å². The Morgan fingerprint density at radius 3 is 2.72 bits per heavy atom. The molecule has 0 aliphatic carbocycles. The Labute approximate surface area is 247 Å². The van der Waals surface area contributed by atoms with Crippen LogP contribution in [-0.4, -0.2) is 95.8 Å². The van der Waals surface area contributed by atoms with E-state index < -0.39 is 51.7 Å². The number of nitrogens with one attached hydrogen (secondary N) is 2. The second-order valence-corrected chi connectivity index (χ2v) is 12.9. The number of amides is 2. The van der Waals surface area contributed by atoms with E-state index in [-0.39, 0.29) is 66.4 Å². The topological polar surface area (TPSA) is 158 Å². The normalized spacial score (nSPS) is 21.3. The SMILES string of the molecule is CCCCN1CC(C(=O)NC(Cc2cc(F)cc(F)c2)[C@H](O)[C@H]2CN(S(=O)(=O)c3cccc4nonc34)CCN2)CC1=O. The number of carbonyl (C=O) groups excluding carboxylic acids is 2. The predicted molar refractivity (Wildman–Crippen MR) is 150 cm³/mol. The van der Waals surface area contributed by atoms with Crippen LogP contribution in [0, 0.1) is 17.6 Å². The van der Waals surface area contributed by atoms with Gasteiger partial charge in [0.05, 0.1) is 18.1 Å². The van der Waals surface area contributed by atoms with E-state index in [9.17, 15) is 31.9 Å². The van der Waals surface area contributed by atoms with E-state index in [1.165, 1.54) is 16.4 Å². The maximum atomic E-state index is 14.0. The number of fused-ring (bicyclic) bond motifs is 1. The average molecular weight is 621 g/mol. The van der Waals surface area contributed by atoms with Gasteiger partial charge in [0.1, 0.15) is 22.0 Å². The van der Waals surface area contributed by atoms with Crippen molar-refractivity contribution in [2.75, 3.05) is 32.7 Å². The summed E-state index contributed by atoms with van der Waals surface area (Å²) in [5, 5.41) is 24.9. The molecule has 5 rings (SSSR count). The van der Waals surface area contributed by atoms with Crippen LogP contribution in [0.5, 0.6) is 0 Å². The van der Waals surface area contributed by atoms with Crippen LogP contribution in [0.1, 0.15) is 31.7 Å². The summed E-state index contributed by atoms with van der Waals surface area (Å²) in [7, 11) is -4.09. The summed E-state index contributed by atoms with van der Waals surface area (Å²) in [6.07, 6.45) is 0.206. The molecule has 4 atom stereocenters. The molecule has 232 valence electrons. The number of aliphatic hydroxyl groups excluding tert-OH is 1. The minimum Gasteiger partial charge on any atom is -0.389 e. The van der Waals surface area contributed by atoms with Crippen LogP contribution < -0.4 is 10.6 Å². The third kappa shape index (κ3) is 6.84. The molecule has 2 saturated heterocycles. The van der Waals surface area contributed by atoms with Crippen LogP contribution >= 0.6 is 0 Å². The Balaban J connectivity index is 1.36. The van der Waals surface area contributed by atoms with Crippen LogP contribution in [0.25, 0.3) is 11.0 Å². The lowest BCUT2D eigenvalue weighted by atomic mass is 9.94. The molecule has 0 radical (unpaired) electrons. The molecule has 0 spiro atoms. The largest absolute Gasteiger partial charge is 0.389 e. The van der Waals surface area contributed by atoms with Gasteiger partial charge in [-0.05, 0) is 53.0 Å². The maximum absolute atomic E-state index is 14.0. The first-order chi connectivity index (χ1) is 20.6. The van der Waals surface area contributed by atoms with Gasteiger partial charge in [0, 0.05) is 51.3 Å². The second kappa shape index (κ2) is 13.0. The number of hydrogen-bond acceptors (Lipinski definition) is 9. The highest BCUT2D eigenvalue weighted by Crippen LogP contribution is 2.26. The number of aliphatic hydroxyl groups is 1. The minimum absolute atomic E-state index is 0.0170. The number of benzene rings is 2. The monoisotopic (exact) mass is 620 g/mol. The first kappa shape index (κ1) is 30.9.